The molecule has 6 nitrogen and oxygen atoms in total. The van der Waals surface area contributed by atoms with Gasteiger partial charge in [0.25, 0.3) is 5.56 Å². The van der Waals surface area contributed by atoms with Crippen LogP contribution in [0.5, 0.6) is 11.5 Å². The van der Waals surface area contributed by atoms with Gasteiger partial charge in [-0.25, -0.2) is 4.98 Å². The molecule has 0 saturated carbocycles. The molecule has 2 heterocycles. The molecule has 1 atom stereocenters. The van der Waals surface area contributed by atoms with Gasteiger partial charge in [-0.1, -0.05) is 6.07 Å². The highest BCUT2D eigenvalue weighted by Gasteiger charge is 2.23. The number of nitrogens with one attached hydrogen (secondary N) is 1. The Labute approximate surface area is 154 Å². The van der Waals surface area contributed by atoms with Gasteiger partial charge in [-0.05, 0) is 50.9 Å². The molecule has 0 radical (unpaired) electrons. The van der Waals surface area contributed by atoms with Crippen LogP contribution in [-0.4, -0.2) is 41.7 Å². The lowest BCUT2D eigenvalue weighted by Gasteiger charge is -2.32. The molecule has 140 valence electrons. The topological polar surface area (TPSA) is 67.5 Å². The van der Waals surface area contributed by atoms with Crippen molar-refractivity contribution in [1.29, 1.82) is 0 Å². The SMILES string of the molecule is CCOc1ccc(CN2CCC[C@H](c3nc(C)cc(=O)[nH]3)C2)cc1OC. The minimum Gasteiger partial charge on any atom is -0.493 e. The monoisotopic (exact) mass is 357 g/mol. The Balaban J connectivity index is 1.71. The lowest BCUT2D eigenvalue weighted by molar-refractivity contribution is 0.196. The minimum atomic E-state index is -0.0686. The average molecular weight is 357 g/mol. The fourth-order valence-electron chi connectivity index (χ4n) is 3.56. The minimum absolute atomic E-state index is 0.0686. The maximum absolute atomic E-state index is 11.7. The summed E-state index contributed by atoms with van der Waals surface area (Å²) >= 11 is 0. The number of H-pyrrole nitrogens is 1. The summed E-state index contributed by atoms with van der Waals surface area (Å²) in [6.45, 7) is 7.22. The molecule has 0 amide bonds. The van der Waals surface area contributed by atoms with Gasteiger partial charge < -0.3 is 14.5 Å². The summed E-state index contributed by atoms with van der Waals surface area (Å²) in [6.07, 6.45) is 2.14. The quantitative estimate of drug-likeness (QED) is 0.861. The van der Waals surface area contributed by atoms with Gasteiger partial charge in [-0.3, -0.25) is 9.69 Å². The molecule has 6 heteroatoms. The zero-order valence-electron chi connectivity index (χ0n) is 15.7. The maximum atomic E-state index is 11.7. The lowest BCUT2D eigenvalue weighted by Crippen LogP contribution is -2.35. The first-order valence-electron chi connectivity index (χ1n) is 9.19. The van der Waals surface area contributed by atoms with Crippen molar-refractivity contribution in [2.24, 2.45) is 0 Å². The highest BCUT2D eigenvalue weighted by Crippen LogP contribution is 2.30. The van der Waals surface area contributed by atoms with Gasteiger partial charge in [0.1, 0.15) is 5.82 Å². The van der Waals surface area contributed by atoms with Gasteiger partial charge in [0.05, 0.1) is 13.7 Å². The summed E-state index contributed by atoms with van der Waals surface area (Å²) < 4.78 is 11.0. The first-order valence-corrected chi connectivity index (χ1v) is 9.19. The first-order chi connectivity index (χ1) is 12.6. The maximum Gasteiger partial charge on any atom is 0.251 e. The smallest absolute Gasteiger partial charge is 0.251 e. The normalized spacial score (nSPS) is 17.9. The number of ether oxygens (including phenoxy) is 2. The van der Waals surface area contributed by atoms with E-state index in [2.05, 4.69) is 20.9 Å². The van der Waals surface area contributed by atoms with Crippen LogP contribution in [0.3, 0.4) is 0 Å². The van der Waals surface area contributed by atoms with Gasteiger partial charge in [0, 0.05) is 30.8 Å². The molecule has 0 spiro atoms. The number of aromatic nitrogens is 2. The van der Waals surface area contributed by atoms with Crippen molar-refractivity contribution in [3.05, 3.63) is 51.7 Å². The highest BCUT2D eigenvalue weighted by molar-refractivity contribution is 5.43. The number of aryl methyl sites for hydroxylation is 1. The predicted octanol–water partition coefficient (Wildman–Crippen LogP) is 2.87. The van der Waals surface area contributed by atoms with Crippen LogP contribution in [0.4, 0.5) is 0 Å². The van der Waals surface area contributed by atoms with E-state index < -0.39 is 0 Å². The van der Waals surface area contributed by atoms with Crippen LogP contribution in [0, 0.1) is 6.92 Å². The molecule has 1 saturated heterocycles. The molecule has 1 aromatic carbocycles. The van der Waals surface area contributed by atoms with Gasteiger partial charge >= 0.3 is 0 Å². The van der Waals surface area contributed by atoms with Crippen LogP contribution in [-0.2, 0) is 6.54 Å². The number of methoxy groups -OCH3 is 1. The van der Waals surface area contributed by atoms with Crippen LogP contribution >= 0.6 is 0 Å². The van der Waals surface area contributed by atoms with Gasteiger partial charge in [0.2, 0.25) is 0 Å². The van der Waals surface area contributed by atoms with Crippen molar-refractivity contribution in [3.8, 4) is 11.5 Å². The van der Waals surface area contributed by atoms with E-state index >= 15 is 0 Å². The summed E-state index contributed by atoms with van der Waals surface area (Å²) in [5.41, 5.74) is 1.90. The Morgan fingerprint density at radius 2 is 2.15 bits per heavy atom. The number of aromatic amines is 1. The van der Waals surface area contributed by atoms with Crippen molar-refractivity contribution < 1.29 is 9.47 Å². The number of likely N-dealkylation sites (tertiary alicyclic amines) is 1. The molecule has 0 bridgehead atoms. The van der Waals surface area contributed by atoms with E-state index in [1.165, 1.54) is 11.6 Å². The summed E-state index contributed by atoms with van der Waals surface area (Å²) in [4.78, 5) is 21.6. The molecular formula is C20H27N3O3. The molecular weight excluding hydrogens is 330 g/mol. The summed E-state index contributed by atoms with van der Waals surface area (Å²) in [5, 5.41) is 0. The van der Waals surface area contributed by atoms with Crippen LogP contribution in [0.2, 0.25) is 0 Å². The van der Waals surface area contributed by atoms with Crippen LogP contribution < -0.4 is 15.0 Å². The molecule has 3 rings (SSSR count). The summed E-state index contributed by atoms with van der Waals surface area (Å²) in [6, 6.07) is 7.64. The molecule has 1 aliphatic heterocycles. The number of rotatable bonds is 6. The molecule has 26 heavy (non-hydrogen) atoms. The molecule has 0 unspecified atom stereocenters. The van der Waals surface area contributed by atoms with Crippen molar-refractivity contribution in [3.63, 3.8) is 0 Å². The molecule has 1 fully saturated rings. The van der Waals surface area contributed by atoms with E-state index in [9.17, 15) is 4.79 Å². The van der Waals surface area contributed by atoms with E-state index in [0.717, 1.165) is 55.5 Å². The molecule has 1 N–H and O–H groups in total. The van der Waals surface area contributed by atoms with Crippen LogP contribution in [0.15, 0.2) is 29.1 Å². The van der Waals surface area contributed by atoms with Gasteiger partial charge in [-0.2, -0.15) is 0 Å². The number of nitrogens with zero attached hydrogens (tertiary/aromatic N) is 2. The molecule has 2 aromatic rings. The third-order valence-corrected chi connectivity index (χ3v) is 4.71. The van der Waals surface area contributed by atoms with E-state index in [4.69, 9.17) is 9.47 Å². The standard InChI is InChI=1S/C20H27N3O3/c1-4-26-17-8-7-15(11-18(17)25-3)12-23-9-5-6-16(13-23)20-21-14(2)10-19(24)22-20/h7-8,10-11,16H,4-6,9,12-13H2,1-3H3,(H,21,22,24)/t16-/m0/s1. The van der Waals surface area contributed by atoms with Gasteiger partial charge in [-0.15, -0.1) is 0 Å². The highest BCUT2D eigenvalue weighted by atomic mass is 16.5. The second-order valence-electron chi connectivity index (χ2n) is 6.76. The molecule has 0 aliphatic carbocycles. The zero-order valence-corrected chi connectivity index (χ0v) is 15.7. The Morgan fingerprint density at radius 3 is 2.88 bits per heavy atom. The van der Waals surface area contributed by atoms with E-state index in [1.54, 1.807) is 7.11 Å². The van der Waals surface area contributed by atoms with Gasteiger partial charge in [0.15, 0.2) is 11.5 Å². The van der Waals surface area contributed by atoms with E-state index in [0.29, 0.717) is 6.61 Å². The lowest BCUT2D eigenvalue weighted by atomic mass is 9.96. The summed E-state index contributed by atoms with van der Waals surface area (Å²) in [7, 11) is 1.66. The number of piperidine rings is 1. The number of hydrogen-bond acceptors (Lipinski definition) is 5. The van der Waals surface area contributed by atoms with Crippen molar-refractivity contribution in [1.82, 2.24) is 14.9 Å². The largest absolute Gasteiger partial charge is 0.493 e. The third-order valence-electron chi connectivity index (χ3n) is 4.71. The third kappa shape index (κ3) is 4.43. The molecule has 1 aromatic heterocycles. The van der Waals surface area contributed by atoms with E-state index in [1.807, 2.05) is 26.0 Å². The predicted molar refractivity (Wildman–Crippen MR) is 101 cm³/mol. The first kappa shape index (κ1) is 18.5. The fraction of sp³-hybridized carbons (Fsp3) is 0.500. The average Bonchev–Trinajstić information content (AvgIpc) is 2.62. The van der Waals surface area contributed by atoms with Crippen LogP contribution in [0.1, 0.15) is 42.8 Å². The second-order valence-corrected chi connectivity index (χ2v) is 6.76. The Morgan fingerprint density at radius 1 is 1.31 bits per heavy atom. The Hall–Kier alpha value is -2.34. The van der Waals surface area contributed by atoms with Crippen LogP contribution in [0.25, 0.3) is 0 Å². The van der Waals surface area contributed by atoms with Crippen molar-refractivity contribution >= 4 is 0 Å². The summed E-state index contributed by atoms with van der Waals surface area (Å²) in [5.74, 6) is 2.62. The Kier molecular flexibility index (Phi) is 5.93. The van der Waals surface area contributed by atoms with Crippen molar-refractivity contribution in [2.45, 2.75) is 39.2 Å². The fourth-order valence-corrected chi connectivity index (χ4v) is 3.56. The second kappa shape index (κ2) is 8.36. The van der Waals surface area contributed by atoms with E-state index in [-0.39, 0.29) is 11.5 Å². The molecule has 1 aliphatic rings. The van der Waals surface area contributed by atoms with Crippen molar-refractivity contribution in [2.75, 3.05) is 26.8 Å². The number of benzene rings is 1. The number of hydrogen-bond donors (Lipinski definition) is 1. The Bertz CT molecular complexity index is 803. The zero-order chi connectivity index (χ0) is 18.5.